The van der Waals surface area contributed by atoms with Crippen molar-refractivity contribution in [1.82, 2.24) is 4.98 Å². The smallest absolute Gasteiger partial charge is 0.230 e. The van der Waals surface area contributed by atoms with Crippen LogP contribution in [0.25, 0.3) is 10.9 Å². The van der Waals surface area contributed by atoms with Crippen molar-refractivity contribution in [3.63, 3.8) is 0 Å². The molecule has 0 saturated carbocycles. The molecule has 3 rings (SSSR count). The van der Waals surface area contributed by atoms with Crippen molar-refractivity contribution in [2.75, 3.05) is 11.1 Å². The van der Waals surface area contributed by atoms with Crippen molar-refractivity contribution in [1.29, 1.82) is 0 Å². The van der Waals surface area contributed by atoms with Crippen LogP contribution in [0.5, 0.6) is 0 Å². The van der Waals surface area contributed by atoms with E-state index in [0.717, 1.165) is 16.6 Å². The van der Waals surface area contributed by atoms with Gasteiger partial charge >= 0.3 is 0 Å². The Bertz CT molecular complexity index is 841. The quantitative estimate of drug-likeness (QED) is 0.667. The number of pyridine rings is 1. The number of benzene rings is 2. The Balaban J connectivity index is 1.73. The van der Waals surface area contributed by atoms with E-state index in [2.05, 4.69) is 22.4 Å². The zero-order chi connectivity index (χ0) is 17.0. The second-order valence-electron chi connectivity index (χ2n) is 6.32. The lowest BCUT2D eigenvalue weighted by Crippen LogP contribution is -2.33. The molecule has 2 aromatic carbocycles. The second kappa shape index (κ2) is 7.05. The van der Waals surface area contributed by atoms with Crippen LogP contribution in [0.1, 0.15) is 13.8 Å². The fourth-order valence-corrected chi connectivity index (χ4v) is 3.35. The maximum absolute atomic E-state index is 12.7. The summed E-state index contributed by atoms with van der Waals surface area (Å²) in [7, 11) is 0. The Morgan fingerprint density at radius 3 is 2.58 bits per heavy atom. The van der Waals surface area contributed by atoms with Gasteiger partial charge in [0.05, 0.1) is 16.6 Å². The fourth-order valence-electron chi connectivity index (χ4n) is 2.34. The van der Waals surface area contributed by atoms with Gasteiger partial charge in [0, 0.05) is 22.2 Å². The van der Waals surface area contributed by atoms with E-state index < -0.39 is 5.41 Å². The van der Waals surface area contributed by atoms with E-state index >= 15 is 0 Å². The van der Waals surface area contributed by atoms with Gasteiger partial charge in [-0.05, 0) is 24.3 Å². The number of carbonyl (C=O) groups is 1. The molecule has 0 bridgehead atoms. The molecular weight excluding hydrogens is 316 g/mol. The molecule has 0 radical (unpaired) electrons. The standard InChI is InChI=1S/C20H20N2OS/c1-20(2,14-24-16-10-4-3-5-11-16)19(23)22-17-12-6-8-15-9-7-13-21-18(15)17/h3-13H,14H2,1-2H3,(H,22,23). The van der Waals surface area contributed by atoms with Crippen LogP contribution in [0.2, 0.25) is 0 Å². The van der Waals surface area contributed by atoms with Gasteiger partial charge in [-0.15, -0.1) is 11.8 Å². The number of hydrogen-bond acceptors (Lipinski definition) is 3. The highest BCUT2D eigenvalue weighted by Crippen LogP contribution is 2.30. The predicted molar refractivity (Wildman–Crippen MR) is 101 cm³/mol. The van der Waals surface area contributed by atoms with E-state index in [4.69, 9.17) is 0 Å². The number of carbonyl (C=O) groups excluding carboxylic acids is 1. The van der Waals surface area contributed by atoms with E-state index in [1.807, 2.05) is 62.4 Å². The van der Waals surface area contributed by atoms with Gasteiger partial charge in [-0.1, -0.05) is 50.2 Å². The number of fused-ring (bicyclic) bond motifs is 1. The Morgan fingerprint density at radius 1 is 1.04 bits per heavy atom. The van der Waals surface area contributed by atoms with Crippen molar-refractivity contribution >= 4 is 34.3 Å². The first-order chi connectivity index (χ1) is 11.6. The average Bonchev–Trinajstić information content (AvgIpc) is 2.61. The van der Waals surface area contributed by atoms with Gasteiger partial charge in [0.1, 0.15) is 0 Å². The number of thioether (sulfide) groups is 1. The Labute approximate surface area is 146 Å². The molecule has 24 heavy (non-hydrogen) atoms. The number of rotatable bonds is 5. The van der Waals surface area contributed by atoms with E-state index in [0.29, 0.717) is 5.75 Å². The first kappa shape index (κ1) is 16.5. The number of nitrogens with one attached hydrogen (secondary N) is 1. The van der Waals surface area contributed by atoms with Gasteiger partial charge in [-0.2, -0.15) is 0 Å². The molecule has 0 atom stereocenters. The molecule has 0 aliphatic carbocycles. The predicted octanol–water partition coefficient (Wildman–Crippen LogP) is 4.99. The second-order valence-corrected chi connectivity index (χ2v) is 7.37. The highest BCUT2D eigenvalue weighted by atomic mass is 32.2. The van der Waals surface area contributed by atoms with Gasteiger partial charge in [0.25, 0.3) is 0 Å². The Kier molecular flexibility index (Phi) is 4.86. The minimum absolute atomic E-state index is 0.00378. The topological polar surface area (TPSA) is 42.0 Å². The highest BCUT2D eigenvalue weighted by Gasteiger charge is 2.28. The SMILES string of the molecule is CC(C)(CSc1ccccc1)C(=O)Nc1cccc2cccnc12. The molecule has 1 amide bonds. The van der Waals surface area contributed by atoms with Gasteiger partial charge in [-0.25, -0.2) is 0 Å². The monoisotopic (exact) mass is 336 g/mol. The fraction of sp³-hybridized carbons (Fsp3) is 0.200. The molecule has 4 heteroatoms. The number of para-hydroxylation sites is 1. The summed E-state index contributed by atoms with van der Waals surface area (Å²) in [6.45, 7) is 3.94. The molecule has 1 N–H and O–H groups in total. The summed E-state index contributed by atoms with van der Waals surface area (Å²) in [5, 5.41) is 4.07. The molecular formula is C20H20N2OS. The largest absolute Gasteiger partial charge is 0.324 e. The Morgan fingerprint density at radius 2 is 1.79 bits per heavy atom. The van der Waals surface area contributed by atoms with E-state index in [1.165, 1.54) is 4.90 Å². The van der Waals surface area contributed by atoms with Crippen LogP contribution >= 0.6 is 11.8 Å². The van der Waals surface area contributed by atoms with Gasteiger partial charge in [-0.3, -0.25) is 9.78 Å². The summed E-state index contributed by atoms with van der Waals surface area (Å²) in [4.78, 5) is 18.3. The minimum atomic E-state index is -0.489. The summed E-state index contributed by atoms with van der Waals surface area (Å²) in [5.74, 6) is 0.713. The molecule has 3 nitrogen and oxygen atoms in total. The normalized spacial score (nSPS) is 11.4. The van der Waals surface area contributed by atoms with Crippen molar-refractivity contribution < 1.29 is 4.79 Å². The molecule has 0 aliphatic rings. The third-order valence-corrected chi connectivity index (χ3v) is 5.31. The number of aromatic nitrogens is 1. The van der Waals surface area contributed by atoms with E-state index in [1.54, 1.807) is 18.0 Å². The highest BCUT2D eigenvalue weighted by molar-refractivity contribution is 7.99. The molecule has 0 spiro atoms. The number of anilines is 1. The lowest BCUT2D eigenvalue weighted by atomic mass is 9.95. The first-order valence-corrected chi connectivity index (χ1v) is 8.88. The van der Waals surface area contributed by atoms with Crippen LogP contribution < -0.4 is 5.32 Å². The maximum Gasteiger partial charge on any atom is 0.230 e. The molecule has 0 saturated heterocycles. The van der Waals surface area contributed by atoms with E-state index in [-0.39, 0.29) is 5.91 Å². The Hall–Kier alpha value is -2.33. The molecule has 0 fully saturated rings. The molecule has 0 unspecified atom stereocenters. The summed E-state index contributed by atoms with van der Waals surface area (Å²) in [6.07, 6.45) is 1.74. The summed E-state index contributed by atoms with van der Waals surface area (Å²) < 4.78 is 0. The zero-order valence-electron chi connectivity index (χ0n) is 13.8. The minimum Gasteiger partial charge on any atom is -0.324 e. The summed E-state index contributed by atoms with van der Waals surface area (Å²) in [5.41, 5.74) is 1.09. The molecule has 0 aliphatic heterocycles. The average molecular weight is 336 g/mol. The first-order valence-electron chi connectivity index (χ1n) is 7.89. The molecule has 1 aromatic heterocycles. The zero-order valence-corrected chi connectivity index (χ0v) is 14.6. The molecule has 122 valence electrons. The number of amides is 1. The summed E-state index contributed by atoms with van der Waals surface area (Å²) >= 11 is 1.69. The van der Waals surface area contributed by atoms with Crippen LogP contribution in [-0.4, -0.2) is 16.6 Å². The van der Waals surface area contributed by atoms with Gasteiger partial charge in [0.2, 0.25) is 5.91 Å². The lowest BCUT2D eigenvalue weighted by molar-refractivity contribution is -0.122. The lowest BCUT2D eigenvalue weighted by Gasteiger charge is -2.23. The number of nitrogens with zero attached hydrogens (tertiary/aromatic N) is 1. The van der Waals surface area contributed by atoms with Crippen LogP contribution in [0.3, 0.4) is 0 Å². The van der Waals surface area contributed by atoms with Gasteiger partial charge in [0.15, 0.2) is 0 Å². The maximum atomic E-state index is 12.7. The third-order valence-electron chi connectivity index (χ3n) is 3.84. The third kappa shape index (κ3) is 3.77. The van der Waals surface area contributed by atoms with Crippen LogP contribution in [0, 0.1) is 5.41 Å². The van der Waals surface area contributed by atoms with Gasteiger partial charge < -0.3 is 5.32 Å². The molecule has 3 aromatic rings. The van der Waals surface area contributed by atoms with Crippen molar-refractivity contribution in [2.24, 2.45) is 5.41 Å². The number of hydrogen-bond donors (Lipinski definition) is 1. The summed E-state index contributed by atoms with van der Waals surface area (Å²) in [6, 6.07) is 19.9. The van der Waals surface area contributed by atoms with Crippen LogP contribution in [-0.2, 0) is 4.79 Å². The van der Waals surface area contributed by atoms with E-state index in [9.17, 15) is 4.79 Å². The van der Waals surface area contributed by atoms with Crippen molar-refractivity contribution in [2.45, 2.75) is 18.7 Å². The van der Waals surface area contributed by atoms with Crippen LogP contribution in [0.15, 0.2) is 71.8 Å². The van der Waals surface area contributed by atoms with Crippen LogP contribution in [0.4, 0.5) is 5.69 Å². The van der Waals surface area contributed by atoms with Crippen molar-refractivity contribution in [3.8, 4) is 0 Å². The van der Waals surface area contributed by atoms with Crippen molar-refractivity contribution in [3.05, 3.63) is 66.9 Å². The molecule has 1 heterocycles.